The number of thioether (sulfide) groups is 2. The molecule has 25 heteroatoms. The van der Waals surface area contributed by atoms with Crippen molar-refractivity contribution in [1.29, 1.82) is 0 Å². The summed E-state index contributed by atoms with van der Waals surface area (Å²) in [5, 5.41) is 28.6. The van der Waals surface area contributed by atoms with Gasteiger partial charge in [-0.15, -0.1) is 25.5 Å². The van der Waals surface area contributed by atoms with Crippen LogP contribution in [0.3, 0.4) is 0 Å². The Labute approximate surface area is 439 Å². The fourth-order valence-corrected chi connectivity index (χ4v) is 12.0. The second kappa shape index (κ2) is 22.9. The average molecular weight is 1110 g/mol. The highest BCUT2D eigenvalue weighted by Gasteiger charge is 2.42. The minimum Gasteiger partial charge on any atom is -0.481 e. The highest BCUT2D eigenvalue weighted by Crippen LogP contribution is 2.42. The number of esters is 1. The number of carbonyl (C=O) groups is 2. The van der Waals surface area contributed by atoms with Crippen LogP contribution >= 0.6 is 35.7 Å². The van der Waals surface area contributed by atoms with E-state index in [0.717, 1.165) is 163 Å². The predicted molar refractivity (Wildman–Crippen MR) is 266 cm³/mol. The van der Waals surface area contributed by atoms with Gasteiger partial charge in [0.1, 0.15) is 0 Å². The lowest BCUT2D eigenvalue weighted by molar-refractivity contribution is -0.147. The van der Waals surface area contributed by atoms with Crippen LogP contribution in [0.1, 0.15) is 123 Å². The number of aromatic nitrogens is 9. The third-order valence-electron chi connectivity index (χ3n) is 13.4. The number of benzene rings is 3. The predicted octanol–water partition coefficient (Wildman–Crippen LogP) is 12.4. The van der Waals surface area contributed by atoms with E-state index in [1.807, 2.05) is 45.9 Å². The van der Waals surface area contributed by atoms with Crippen molar-refractivity contribution in [3.05, 3.63) is 107 Å². The fraction of sp³-hybridized carbons (Fsp3) is 0.480. The molecule has 3 aliphatic carbocycles. The summed E-state index contributed by atoms with van der Waals surface area (Å²) >= 11 is 6.70. The minimum absolute atomic E-state index is 0.0212. The quantitative estimate of drug-likeness (QED) is 0.0612. The first kappa shape index (κ1) is 57.0. The van der Waals surface area contributed by atoms with Gasteiger partial charge < -0.3 is 9.84 Å². The van der Waals surface area contributed by atoms with E-state index >= 15 is 0 Å². The molecule has 0 saturated heterocycles. The molecule has 75 heavy (non-hydrogen) atoms. The molecular weight excluding hydrogens is 1060 g/mol. The van der Waals surface area contributed by atoms with Gasteiger partial charge in [-0.05, 0) is 198 Å². The number of alkyl halides is 9. The monoisotopic (exact) mass is 1110 g/mol. The molecule has 6 aromatic rings. The number of carbonyl (C=O) groups excluding carboxylic acids is 1. The Morgan fingerprint density at radius 3 is 1.21 bits per heavy atom. The molecule has 404 valence electrons. The van der Waals surface area contributed by atoms with E-state index in [1.54, 1.807) is 13.8 Å². The van der Waals surface area contributed by atoms with Crippen molar-refractivity contribution in [2.75, 3.05) is 18.6 Å². The first-order chi connectivity index (χ1) is 35.2. The number of aliphatic carboxylic acids is 1. The van der Waals surface area contributed by atoms with Gasteiger partial charge in [0.2, 0.25) is 17.5 Å². The molecule has 13 nitrogen and oxygen atoms in total. The lowest BCUT2D eigenvalue weighted by atomic mass is 9.85. The molecule has 0 amide bonds. The Morgan fingerprint density at radius 1 is 0.547 bits per heavy atom. The van der Waals surface area contributed by atoms with E-state index in [9.17, 15) is 49.1 Å². The van der Waals surface area contributed by atoms with Crippen LogP contribution in [0.4, 0.5) is 39.5 Å². The minimum atomic E-state index is -4.69. The van der Waals surface area contributed by atoms with E-state index in [2.05, 4.69) is 35.3 Å². The maximum atomic E-state index is 13.6. The number of hydrogen-bond donors (Lipinski definition) is 2. The zero-order valence-corrected chi connectivity index (χ0v) is 44.5. The van der Waals surface area contributed by atoms with Crippen molar-refractivity contribution in [3.8, 4) is 17.1 Å². The molecular formula is C50H54F9N9O4S3. The van der Waals surface area contributed by atoms with Crippen molar-refractivity contribution in [2.24, 2.45) is 0 Å². The normalized spacial score (nSPS) is 14.5. The van der Waals surface area contributed by atoms with Crippen LogP contribution < -0.4 is 0 Å². The van der Waals surface area contributed by atoms with Crippen molar-refractivity contribution in [2.45, 2.75) is 147 Å². The first-order valence-corrected chi connectivity index (χ1v) is 26.3. The van der Waals surface area contributed by atoms with E-state index in [1.165, 1.54) is 7.11 Å². The van der Waals surface area contributed by atoms with Gasteiger partial charge >= 0.3 is 30.5 Å². The second-order valence-corrected chi connectivity index (χ2v) is 20.9. The van der Waals surface area contributed by atoms with Gasteiger partial charge in [0, 0.05) is 0 Å². The van der Waals surface area contributed by atoms with Crippen LogP contribution in [-0.2, 0) is 71.4 Å². The van der Waals surface area contributed by atoms with Gasteiger partial charge in [-0.2, -0.15) is 39.5 Å². The second-order valence-electron chi connectivity index (χ2n) is 18.6. The van der Waals surface area contributed by atoms with Crippen LogP contribution in [0, 0.1) is 46.3 Å². The smallest absolute Gasteiger partial charge is 0.452 e. The van der Waals surface area contributed by atoms with Crippen molar-refractivity contribution in [1.82, 2.24) is 44.3 Å². The van der Waals surface area contributed by atoms with Gasteiger partial charge in [0.25, 0.3) is 0 Å². The molecule has 3 heterocycles. The number of H-pyrrole nitrogens is 1. The highest BCUT2D eigenvalue weighted by atomic mass is 32.2. The maximum Gasteiger partial charge on any atom is 0.452 e. The van der Waals surface area contributed by atoms with Crippen LogP contribution in [-0.4, -0.2) is 80.0 Å². The summed E-state index contributed by atoms with van der Waals surface area (Å²) in [4.78, 5) is 22.3. The van der Waals surface area contributed by atoms with Gasteiger partial charge in [-0.3, -0.25) is 28.4 Å². The molecule has 0 radical (unpaired) electrons. The number of rotatable bonds is 9. The zero-order valence-electron chi connectivity index (χ0n) is 42.0. The Bertz CT molecular complexity index is 3190. The van der Waals surface area contributed by atoms with Crippen molar-refractivity contribution >= 4 is 47.7 Å². The van der Waals surface area contributed by atoms with Crippen molar-refractivity contribution in [3.63, 3.8) is 0 Å². The fourth-order valence-electron chi connectivity index (χ4n) is 10.4. The molecule has 3 aliphatic rings. The molecule has 0 atom stereocenters. The number of carboxylic acids is 1. The summed E-state index contributed by atoms with van der Waals surface area (Å²) in [5.41, 5.74) is 13.1. The average Bonchev–Trinajstić information content (AvgIpc) is 4.08. The van der Waals surface area contributed by atoms with Crippen LogP contribution in [0.25, 0.3) is 17.1 Å². The first-order valence-electron chi connectivity index (χ1n) is 23.9. The Kier molecular flexibility index (Phi) is 17.4. The van der Waals surface area contributed by atoms with Gasteiger partial charge in [0.15, 0.2) is 15.1 Å². The SMILES string of the molecule is COC(=O)CSc1nnc(C(F)(F)F)n1-c1c(C)cc(C)c2c1CCCC2.Cc1cc(C)c(-n2c(C(F)(F)F)n[nH]c2=S)c2c1CCCC2.Cc1cc(C)c(-n2c(SCC(=O)O)nnc2C(F)(F)F)c2c1CCCC2. The summed E-state index contributed by atoms with van der Waals surface area (Å²) in [6, 6.07) is 5.73. The topological polar surface area (TPSA) is 159 Å². The van der Waals surface area contributed by atoms with Gasteiger partial charge in [0.05, 0.1) is 35.7 Å². The third kappa shape index (κ3) is 12.3. The van der Waals surface area contributed by atoms with Crippen molar-refractivity contribution < 1.29 is 58.9 Å². The number of hydrogen-bond acceptors (Lipinski definition) is 11. The number of fused-ring (bicyclic) bond motifs is 3. The number of nitrogens with one attached hydrogen (secondary N) is 1. The van der Waals surface area contributed by atoms with Gasteiger partial charge in [-0.25, -0.2) is 0 Å². The van der Waals surface area contributed by atoms with E-state index in [0.29, 0.717) is 35.5 Å². The molecule has 0 bridgehead atoms. The number of aromatic amines is 1. The van der Waals surface area contributed by atoms with E-state index < -0.39 is 47.9 Å². The highest BCUT2D eigenvalue weighted by molar-refractivity contribution is 8.00. The standard InChI is InChI=1S/C18H20F3N3O2S.C17H18F3N3O2S.C15H16F3N3S/c1-10-8-11(2)15(13-7-5-4-6-12(10)13)24-16(18(19,20)21)22-23-17(24)27-9-14(25)26-3;1-9-7-10(2)14(12-6-4-3-5-11(9)12)23-15(17(18,19)20)21-22-16(23)26-8-13(24)25;1-8-7-9(2)12(11-6-4-3-5-10(8)11)21-13(15(16,17)18)19-20-14(21)22/h8H,4-7,9H2,1-3H3;7H,3-6,8H2,1-2H3,(H,24,25);7H,3-6H2,1-2H3,(H,20,22). The molecule has 9 rings (SSSR count). The van der Waals surface area contributed by atoms with Crippen LogP contribution in [0.5, 0.6) is 0 Å². The number of ether oxygens (including phenoxy) is 1. The Balaban J connectivity index is 0.000000165. The molecule has 0 saturated carbocycles. The van der Waals surface area contributed by atoms with Gasteiger partial charge in [-0.1, -0.05) is 41.7 Å². The molecule has 3 aromatic heterocycles. The molecule has 0 spiro atoms. The largest absolute Gasteiger partial charge is 0.481 e. The molecule has 3 aromatic carbocycles. The summed E-state index contributed by atoms with van der Waals surface area (Å²) in [6.45, 7) is 11.4. The summed E-state index contributed by atoms with van der Waals surface area (Å²) < 4.78 is 129. The summed E-state index contributed by atoms with van der Waals surface area (Å²) in [5.74, 6) is -5.37. The lowest BCUT2D eigenvalue weighted by Gasteiger charge is -2.25. The van der Waals surface area contributed by atoms with Crippen LogP contribution in [0.15, 0.2) is 28.5 Å². The lowest BCUT2D eigenvalue weighted by Crippen LogP contribution is -2.19. The number of carboxylic acid groups (broad SMARTS) is 1. The number of methoxy groups -OCH3 is 1. The molecule has 2 N–H and O–H groups in total. The summed E-state index contributed by atoms with van der Waals surface area (Å²) in [6.07, 6.45) is -3.22. The Hall–Kier alpha value is -5.69. The molecule has 0 fully saturated rings. The number of halogens is 9. The summed E-state index contributed by atoms with van der Waals surface area (Å²) in [7, 11) is 1.23. The van der Waals surface area contributed by atoms with Crippen LogP contribution in [0.2, 0.25) is 0 Å². The number of aryl methyl sites for hydroxylation is 6. The molecule has 0 unspecified atom stereocenters. The Morgan fingerprint density at radius 2 is 0.880 bits per heavy atom. The zero-order chi connectivity index (χ0) is 54.9. The van der Waals surface area contributed by atoms with E-state index in [-0.39, 0.29) is 26.6 Å². The number of nitrogens with zero attached hydrogens (tertiary/aromatic N) is 8. The molecule has 0 aliphatic heterocycles. The maximum absolute atomic E-state index is 13.6. The van der Waals surface area contributed by atoms with E-state index in [4.69, 9.17) is 17.3 Å². The third-order valence-corrected chi connectivity index (χ3v) is 15.4.